The topological polar surface area (TPSA) is 70.7 Å². The Morgan fingerprint density at radius 3 is 2.55 bits per heavy atom. The zero-order valence-corrected chi connectivity index (χ0v) is 19.7. The van der Waals surface area contributed by atoms with Crippen molar-refractivity contribution in [3.63, 3.8) is 0 Å². The zero-order chi connectivity index (χ0) is 22.2. The van der Waals surface area contributed by atoms with Gasteiger partial charge in [0.05, 0.1) is 11.1 Å². The van der Waals surface area contributed by atoms with Crippen LogP contribution in [0.4, 0.5) is 11.4 Å². The highest BCUT2D eigenvalue weighted by Crippen LogP contribution is 2.29. The molecule has 7 heteroatoms. The van der Waals surface area contributed by atoms with Crippen LogP contribution in [0, 0.1) is 5.92 Å². The quantitative estimate of drug-likeness (QED) is 0.529. The van der Waals surface area contributed by atoms with Crippen LogP contribution in [0.15, 0.2) is 46.9 Å². The molecule has 2 N–H and O–H groups in total. The highest BCUT2D eigenvalue weighted by Gasteiger charge is 2.22. The largest absolute Gasteiger partial charge is 0.385 e. The maximum atomic E-state index is 13.0. The molecule has 0 spiro atoms. The van der Waals surface area contributed by atoms with E-state index in [1.54, 1.807) is 19.2 Å². The first-order valence-corrected chi connectivity index (χ1v) is 11.5. The number of ether oxygens (including phenoxy) is 1. The van der Waals surface area contributed by atoms with Gasteiger partial charge in [0.15, 0.2) is 0 Å². The number of rotatable bonds is 8. The summed E-state index contributed by atoms with van der Waals surface area (Å²) in [5.41, 5.74) is 2.63. The summed E-state index contributed by atoms with van der Waals surface area (Å²) in [6.45, 7) is 5.25. The second-order valence-electron chi connectivity index (χ2n) is 7.94. The van der Waals surface area contributed by atoms with E-state index in [1.165, 1.54) is 0 Å². The van der Waals surface area contributed by atoms with Crippen LogP contribution in [-0.2, 0) is 4.74 Å². The number of nitrogens with one attached hydrogen (secondary N) is 2. The van der Waals surface area contributed by atoms with Crippen LogP contribution in [0.2, 0.25) is 0 Å². The fourth-order valence-corrected chi connectivity index (χ4v) is 4.14. The third-order valence-corrected chi connectivity index (χ3v) is 6.24. The summed E-state index contributed by atoms with van der Waals surface area (Å²) in [5, 5.41) is 5.90. The van der Waals surface area contributed by atoms with Crippen LogP contribution in [0.1, 0.15) is 46.9 Å². The summed E-state index contributed by atoms with van der Waals surface area (Å²) in [6, 6.07) is 12.8. The van der Waals surface area contributed by atoms with Crippen LogP contribution in [-0.4, -0.2) is 45.2 Å². The summed E-state index contributed by atoms with van der Waals surface area (Å²) in [6.07, 6.45) is 2.96. The van der Waals surface area contributed by atoms with Crippen molar-refractivity contribution in [2.45, 2.75) is 26.2 Å². The first-order valence-electron chi connectivity index (χ1n) is 10.7. The van der Waals surface area contributed by atoms with Crippen LogP contribution in [0.5, 0.6) is 0 Å². The SMILES string of the molecule is COCCCNC(=O)c1cc(NC(=O)c2ccccc2Br)ccc1N1CCC(C)CC1. The van der Waals surface area contributed by atoms with E-state index in [2.05, 4.69) is 38.4 Å². The lowest BCUT2D eigenvalue weighted by Gasteiger charge is -2.33. The highest BCUT2D eigenvalue weighted by atomic mass is 79.9. The lowest BCUT2D eigenvalue weighted by Crippen LogP contribution is -2.35. The maximum absolute atomic E-state index is 13.0. The van der Waals surface area contributed by atoms with Gasteiger partial charge in [0.25, 0.3) is 11.8 Å². The van der Waals surface area contributed by atoms with Gasteiger partial charge < -0.3 is 20.3 Å². The normalized spacial score (nSPS) is 14.4. The minimum Gasteiger partial charge on any atom is -0.385 e. The first kappa shape index (κ1) is 23.3. The second kappa shape index (κ2) is 11.3. The second-order valence-corrected chi connectivity index (χ2v) is 8.79. The standard InChI is InChI=1S/C24H30BrN3O3/c1-17-10-13-28(14-11-17)22-9-8-18(16-20(22)23(29)26-12-5-15-31-2)27-24(30)19-6-3-4-7-21(19)25/h3-4,6-9,16-17H,5,10-15H2,1-2H3,(H,26,29)(H,27,30). The Hall–Kier alpha value is -2.38. The molecule has 2 amide bonds. The molecule has 0 unspecified atom stereocenters. The Kier molecular flexibility index (Phi) is 8.49. The van der Waals surface area contributed by atoms with E-state index in [0.717, 1.165) is 42.5 Å². The van der Waals surface area contributed by atoms with Crippen molar-refractivity contribution in [3.05, 3.63) is 58.1 Å². The van der Waals surface area contributed by atoms with Crippen molar-refractivity contribution in [1.29, 1.82) is 0 Å². The van der Waals surface area contributed by atoms with Crippen molar-refractivity contribution in [3.8, 4) is 0 Å². The molecule has 1 heterocycles. The molecule has 0 saturated carbocycles. The van der Waals surface area contributed by atoms with Gasteiger partial charge in [-0.2, -0.15) is 0 Å². The Labute approximate surface area is 192 Å². The number of benzene rings is 2. The molecule has 3 rings (SSSR count). The first-order chi connectivity index (χ1) is 15.0. The predicted octanol–water partition coefficient (Wildman–Crippen LogP) is 4.70. The van der Waals surface area contributed by atoms with E-state index >= 15 is 0 Å². The van der Waals surface area contributed by atoms with Crippen molar-refractivity contribution in [1.82, 2.24) is 5.32 Å². The third kappa shape index (κ3) is 6.31. The van der Waals surface area contributed by atoms with Gasteiger partial charge >= 0.3 is 0 Å². The molecule has 31 heavy (non-hydrogen) atoms. The molecule has 2 aromatic carbocycles. The fourth-order valence-electron chi connectivity index (χ4n) is 3.68. The van der Waals surface area contributed by atoms with Gasteiger partial charge in [-0.15, -0.1) is 0 Å². The van der Waals surface area contributed by atoms with E-state index in [0.29, 0.717) is 35.9 Å². The van der Waals surface area contributed by atoms with E-state index in [1.807, 2.05) is 30.3 Å². The zero-order valence-electron chi connectivity index (χ0n) is 18.1. The molecule has 166 valence electrons. The van der Waals surface area contributed by atoms with Gasteiger partial charge in [0, 0.05) is 49.2 Å². The molecular formula is C24H30BrN3O3. The Morgan fingerprint density at radius 2 is 1.84 bits per heavy atom. The van der Waals surface area contributed by atoms with E-state index < -0.39 is 0 Å². The molecule has 0 aliphatic carbocycles. The van der Waals surface area contributed by atoms with Crippen LogP contribution >= 0.6 is 15.9 Å². The molecule has 1 aliphatic heterocycles. The van der Waals surface area contributed by atoms with Crippen molar-refractivity contribution in [2.75, 3.05) is 43.6 Å². The Morgan fingerprint density at radius 1 is 1.10 bits per heavy atom. The summed E-state index contributed by atoms with van der Waals surface area (Å²) in [5.74, 6) is 0.339. The highest BCUT2D eigenvalue weighted by molar-refractivity contribution is 9.10. The molecule has 0 radical (unpaired) electrons. The van der Waals surface area contributed by atoms with Crippen LogP contribution in [0.25, 0.3) is 0 Å². The molecule has 2 aromatic rings. The number of amides is 2. The van der Waals surface area contributed by atoms with Gasteiger partial charge in [-0.05, 0) is 71.4 Å². The molecule has 1 aliphatic rings. The van der Waals surface area contributed by atoms with Gasteiger partial charge in [0.1, 0.15) is 0 Å². The Balaban J connectivity index is 1.82. The number of piperidine rings is 1. The van der Waals surface area contributed by atoms with Gasteiger partial charge in [-0.3, -0.25) is 9.59 Å². The summed E-state index contributed by atoms with van der Waals surface area (Å²) in [7, 11) is 1.65. The smallest absolute Gasteiger partial charge is 0.256 e. The minimum atomic E-state index is -0.224. The molecular weight excluding hydrogens is 458 g/mol. The number of nitrogens with zero attached hydrogens (tertiary/aromatic N) is 1. The van der Waals surface area contributed by atoms with E-state index in [4.69, 9.17) is 4.74 Å². The number of methoxy groups -OCH3 is 1. The maximum Gasteiger partial charge on any atom is 0.256 e. The van der Waals surface area contributed by atoms with E-state index in [-0.39, 0.29) is 11.8 Å². The van der Waals surface area contributed by atoms with Crippen molar-refractivity contribution < 1.29 is 14.3 Å². The van der Waals surface area contributed by atoms with E-state index in [9.17, 15) is 9.59 Å². The molecule has 0 bridgehead atoms. The lowest BCUT2D eigenvalue weighted by molar-refractivity contribution is 0.0947. The number of carbonyl (C=O) groups is 2. The van der Waals surface area contributed by atoms with Gasteiger partial charge in [-0.1, -0.05) is 19.1 Å². The molecule has 1 saturated heterocycles. The minimum absolute atomic E-state index is 0.137. The predicted molar refractivity (Wildman–Crippen MR) is 128 cm³/mol. The molecule has 0 atom stereocenters. The fraction of sp³-hybridized carbons (Fsp3) is 0.417. The van der Waals surface area contributed by atoms with Gasteiger partial charge in [-0.25, -0.2) is 0 Å². The summed E-state index contributed by atoms with van der Waals surface area (Å²) >= 11 is 3.42. The average Bonchev–Trinajstić information content (AvgIpc) is 2.77. The van der Waals surface area contributed by atoms with Crippen LogP contribution in [0.3, 0.4) is 0 Å². The monoisotopic (exact) mass is 487 g/mol. The summed E-state index contributed by atoms with van der Waals surface area (Å²) in [4.78, 5) is 28.0. The lowest BCUT2D eigenvalue weighted by atomic mass is 9.97. The number of carbonyl (C=O) groups excluding carboxylic acids is 2. The number of anilines is 2. The van der Waals surface area contributed by atoms with Gasteiger partial charge in [0.2, 0.25) is 0 Å². The van der Waals surface area contributed by atoms with Crippen molar-refractivity contribution in [2.24, 2.45) is 5.92 Å². The van der Waals surface area contributed by atoms with Crippen LogP contribution < -0.4 is 15.5 Å². The molecule has 0 aromatic heterocycles. The summed E-state index contributed by atoms with van der Waals surface area (Å²) < 4.78 is 5.79. The Bertz CT molecular complexity index is 911. The molecule has 6 nitrogen and oxygen atoms in total. The molecule has 1 fully saturated rings. The average molecular weight is 488 g/mol. The number of hydrogen-bond donors (Lipinski definition) is 2. The van der Waals surface area contributed by atoms with Crippen molar-refractivity contribution >= 4 is 39.1 Å². The third-order valence-electron chi connectivity index (χ3n) is 5.55. The number of halogens is 1. The number of hydrogen-bond acceptors (Lipinski definition) is 4.